The Balaban J connectivity index is 1.76. The molecule has 0 saturated heterocycles. The Morgan fingerprint density at radius 1 is 1.35 bits per heavy atom. The van der Waals surface area contributed by atoms with Crippen LogP contribution in [-0.4, -0.2) is 16.5 Å². The minimum atomic E-state index is -0.458. The molecule has 1 N–H and O–H groups in total. The molecule has 23 heavy (non-hydrogen) atoms. The smallest absolute Gasteiger partial charge is 0.266 e. The van der Waals surface area contributed by atoms with E-state index in [2.05, 4.69) is 10.5 Å². The Morgan fingerprint density at radius 3 is 2.87 bits per heavy atom. The molecule has 0 saturated carbocycles. The molecule has 0 unspecified atom stereocenters. The van der Waals surface area contributed by atoms with Gasteiger partial charge in [0.05, 0.1) is 21.1 Å². The second kappa shape index (κ2) is 6.29. The van der Waals surface area contributed by atoms with E-state index in [1.807, 2.05) is 6.07 Å². The summed E-state index contributed by atoms with van der Waals surface area (Å²) in [4.78, 5) is 24.6. The van der Waals surface area contributed by atoms with Gasteiger partial charge in [0.25, 0.3) is 11.6 Å². The Bertz CT molecular complexity index is 789. The van der Waals surface area contributed by atoms with Crippen molar-refractivity contribution in [2.75, 3.05) is 0 Å². The van der Waals surface area contributed by atoms with Gasteiger partial charge in [-0.25, -0.2) is 5.43 Å². The second-order valence-corrected chi connectivity index (χ2v) is 6.46. The number of para-hydroxylation sites is 1. The molecule has 1 amide bonds. The molecule has 6 nitrogen and oxygen atoms in total. The quantitative estimate of drug-likeness (QED) is 0.530. The van der Waals surface area contributed by atoms with E-state index < -0.39 is 4.92 Å². The van der Waals surface area contributed by atoms with Crippen molar-refractivity contribution in [3.8, 4) is 0 Å². The van der Waals surface area contributed by atoms with Gasteiger partial charge in [0, 0.05) is 10.9 Å². The second-order valence-electron chi connectivity index (χ2n) is 5.33. The number of benzene rings is 1. The molecule has 118 valence electrons. The van der Waals surface area contributed by atoms with E-state index in [4.69, 9.17) is 0 Å². The van der Waals surface area contributed by atoms with E-state index in [9.17, 15) is 14.9 Å². The van der Waals surface area contributed by atoms with E-state index in [1.165, 1.54) is 27.8 Å². The first-order chi connectivity index (χ1) is 11.1. The number of hydrazone groups is 1. The summed E-state index contributed by atoms with van der Waals surface area (Å²) < 4.78 is 0. The molecule has 1 aromatic carbocycles. The topological polar surface area (TPSA) is 84.6 Å². The SMILES string of the molecule is C/C(=N/NC(=O)c1cc2c(s1)CCC2)c1ccccc1[N+](=O)[O-]. The predicted octanol–water partition coefficient (Wildman–Crippen LogP) is 3.30. The fourth-order valence-corrected chi connectivity index (χ4v) is 3.77. The van der Waals surface area contributed by atoms with Crippen molar-refractivity contribution >= 4 is 28.6 Å². The number of fused-ring (bicyclic) bond motifs is 1. The maximum Gasteiger partial charge on any atom is 0.281 e. The number of amides is 1. The van der Waals surface area contributed by atoms with Crippen LogP contribution >= 0.6 is 11.3 Å². The van der Waals surface area contributed by atoms with Crippen molar-refractivity contribution in [1.29, 1.82) is 0 Å². The van der Waals surface area contributed by atoms with E-state index in [1.54, 1.807) is 25.1 Å². The number of nitrogens with one attached hydrogen (secondary N) is 1. The lowest BCUT2D eigenvalue weighted by Gasteiger charge is -2.03. The number of aryl methyl sites for hydroxylation is 2. The first-order valence-corrected chi connectivity index (χ1v) is 8.08. The molecule has 2 aromatic rings. The van der Waals surface area contributed by atoms with Crippen LogP contribution in [0.3, 0.4) is 0 Å². The average Bonchev–Trinajstić information content (AvgIpc) is 3.13. The molecule has 0 atom stereocenters. The molecule has 0 bridgehead atoms. The lowest BCUT2D eigenvalue weighted by atomic mass is 10.1. The van der Waals surface area contributed by atoms with Crippen molar-refractivity contribution < 1.29 is 9.72 Å². The van der Waals surface area contributed by atoms with Crippen LogP contribution < -0.4 is 5.43 Å². The first kappa shape index (κ1) is 15.4. The summed E-state index contributed by atoms with van der Waals surface area (Å²) in [5.41, 5.74) is 4.50. The molecule has 7 heteroatoms. The summed E-state index contributed by atoms with van der Waals surface area (Å²) in [5, 5.41) is 15.0. The van der Waals surface area contributed by atoms with Crippen molar-refractivity contribution in [3.05, 3.63) is 61.3 Å². The number of hydrogen-bond acceptors (Lipinski definition) is 5. The highest BCUT2D eigenvalue weighted by atomic mass is 32.1. The summed E-state index contributed by atoms with van der Waals surface area (Å²) in [7, 11) is 0. The third kappa shape index (κ3) is 3.14. The molecule has 1 heterocycles. The monoisotopic (exact) mass is 329 g/mol. The lowest BCUT2D eigenvalue weighted by Crippen LogP contribution is -2.18. The van der Waals surface area contributed by atoms with Crippen LogP contribution in [0.1, 0.15) is 39.0 Å². The Hall–Kier alpha value is -2.54. The number of thiophene rings is 1. The Morgan fingerprint density at radius 2 is 2.13 bits per heavy atom. The van der Waals surface area contributed by atoms with Gasteiger partial charge in [0.1, 0.15) is 0 Å². The van der Waals surface area contributed by atoms with Crippen LogP contribution in [0.15, 0.2) is 35.4 Å². The number of carbonyl (C=O) groups excluding carboxylic acids is 1. The number of rotatable bonds is 4. The van der Waals surface area contributed by atoms with E-state index in [0.717, 1.165) is 19.3 Å². The first-order valence-electron chi connectivity index (χ1n) is 7.26. The number of carbonyl (C=O) groups is 1. The zero-order valence-electron chi connectivity index (χ0n) is 12.5. The van der Waals surface area contributed by atoms with Gasteiger partial charge in [-0.3, -0.25) is 14.9 Å². The van der Waals surface area contributed by atoms with Crippen LogP contribution in [0.5, 0.6) is 0 Å². The number of nitrogens with zero attached hydrogens (tertiary/aromatic N) is 2. The van der Waals surface area contributed by atoms with Crippen LogP contribution in [0.2, 0.25) is 0 Å². The fraction of sp³-hybridized carbons (Fsp3) is 0.250. The van der Waals surface area contributed by atoms with E-state index in [-0.39, 0.29) is 11.6 Å². The maximum atomic E-state index is 12.2. The van der Waals surface area contributed by atoms with Gasteiger partial charge < -0.3 is 0 Å². The fourth-order valence-electron chi connectivity index (χ4n) is 2.63. The number of hydrogen-bond donors (Lipinski definition) is 1. The standard InChI is InChI=1S/C16H15N3O3S/c1-10(12-6-2-3-7-13(12)19(21)22)17-18-16(20)15-9-11-5-4-8-14(11)23-15/h2-3,6-7,9H,4-5,8H2,1H3,(H,18,20)/b17-10-. The number of nitro groups is 1. The van der Waals surface area contributed by atoms with Crippen molar-refractivity contribution in [3.63, 3.8) is 0 Å². The van der Waals surface area contributed by atoms with E-state index >= 15 is 0 Å². The molecular formula is C16H15N3O3S. The molecule has 0 aliphatic heterocycles. The normalized spacial score (nSPS) is 13.7. The van der Waals surface area contributed by atoms with Gasteiger partial charge in [0.2, 0.25) is 0 Å². The van der Waals surface area contributed by atoms with Crippen molar-refractivity contribution in [1.82, 2.24) is 5.43 Å². The molecule has 0 radical (unpaired) electrons. The summed E-state index contributed by atoms with van der Waals surface area (Å²) in [6.07, 6.45) is 3.21. The van der Waals surface area contributed by atoms with Crippen LogP contribution in [0, 0.1) is 10.1 Å². The number of nitro benzene ring substituents is 1. The van der Waals surface area contributed by atoms with Crippen molar-refractivity contribution in [2.24, 2.45) is 5.10 Å². The highest BCUT2D eigenvalue weighted by molar-refractivity contribution is 7.14. The Kier molecular flexibility index (Phi) is 4.20. The molecule has 1 aromatic heterocycles. The Labute approximate surface area is 137 Å². The highest BCUT2D eigenvalue weighted by Gasteiger charge is 2.19. The summed E-state index contributed by atoms with van der Waals surface area (Å²) in [6, 6.07) is 8.24. The minimum Gasteiger partial charge on any atom is -0.266 e. The molecule has 0 spiro atoms. The summed E-state index contributed by atoms with van der Waals surface area (Å²) in [5.74, 6) is -0.276. The lowest BCUT2D eigenvalue weighted by molar-refractivity contribution is -0.385. The molecular weight excluding hydrogens is 314 g/mol. The molecule has 1 aliphatic rings. The third-order valence-corrected chi connectivity index (χ3v) is 5.02. The van der Waals surface area contributed by atoms with E-state index in [0.29, 0.717) is 16.2 Å². The summed E-state index contributed by atoms with van der Waals surface area (Å²) in [6.45, 7) is 1.64. The molecule has 0 fully saturated rings. The highest BCUT2D eigenvalue weighted by Crippen LogP contribution is 2.30. The van der Waals surface area contributed by atoms with Gasteiger partial charge in [-0.05, 0) is 43.9 Å². The summed E-state index contributed by atoms with van der Waals surface area (Å²) >= 11 is 1.50. The third-order valence-electron chi connectivity index (χ3n) is 3.79. The van der Waals surface area contributed by atoms with Crippen LogP contribution in [0.25, 0.3) is 0 Å². The van der Waals surface area contributed by atoms with Crippen molar-refractivity contribution in [2.45, 2.75) is 26.2 Å². The zero-order valence-corrected chi connectivity index (χ0v) is 13.4. The average molecular weight is 329 g/mol. The minimum absolute atomic E-state index is 0.0295. The van der Waals surface area contributed by atoms with Gasteiger partial charge in [-0.15, -0.1) is 11.3 Å². The van der Waals surface area contributed by atoms with Crippen LogP contribution in [0.4, 0.5) is 5.69 Å². The van der Waals surface area contributed by atoms with Gasteiger partial charge in [0.15, 0.2) is 0 Å². The van der Waals surface area contributed by atoms with Gasteiger partial charge >= 0.3 is 0 Å². The zero-order chi connectivity index (χ0) is 16.4. The van der Waals surface area contributed by atoms with Crippen LogP contribution in [-0.2, 0) is 12.8 Å². The van der Waals surface area contributed by atoms with Gasteiger partial charge in [-0.2, -0.15) is 5.10 Å². The molecule has 1 aliphatic carbocycles. The largest absolute Gasteiger partial charge is 0.281 e. The predicted molar refractivity (Wildman–Crippen MR) is 89.1 cm³/mol. The maximum absolute atomic E-state index is 12.2. The van der Waals surface area contributed by atoms with Gasteiger partial charge in [-0.1, -0.05) is 12.1 Å². The molecule has 3 rings (SSSR count).